The molecule has 0 aliphatic carbocycles. The molecule has 7 heteroatoms. The number of para-hydroxylation sites is 1. The first kappa shape index (κ1) is 19.1. The molecule has 0 bridgehead atoms. The maximum atomic E-state index is 13.1. The van der Waals surface area contributed by atoms with E-state index in [9.17, 15) is 9.59 Å². The van der Waals surface area contributed by atoms with E-state index in [1.807, 2.05) is 48.2 Å². The molecular weight excluding hydrogens is 356 g/mol. The number of hydrogen-bond donors (Lipinski definition) is 2. The summed E-state index contributed by atoms with van der Waals surface area (Å²) in [7, 11) is 3.93. The number of alkyl carbamates (subject to hydrolysis) is 1. The van der Waals surface area contributed by atoms with Crippen molar-refractivity contribution < 1.29 is 14.3 Å². The number of carbonyl (C=O) groups is 2. The molecular formula is C21H30N4O3. The van der Waals surface area contributed by atoms with Crippen LogP contribution in [0.15, 0.2) is 24.3 Å². The Morgan fingerprint density at radius 1 is 1.25 bits per heavy atom. The molecule has 0 radical (unpaired) electrons. The second-order valence-electron chi connectivity index (χ2n) is 8.41. The van der Waals surface area contributed by atoms with Gasteiger partial charge in [-0.2, -0.15) is 0 Å². The Hall–Kier alpha value is -2.28. The van der Waals surface area contributed by atoms with Crippen LogP contribution in [0.1, 0.15) is 29.6 Å². The van der Waals surface area contributed by atoms with Crippen molar-refractivity contribution in [3.05, 3.63) is 29.8 Å². The molecule has 0 saturated carbocycles. The molecule has 4 rings (SSSR count). The van der Waals surface area contributed by atoms with Crippen molar-refractivity contribution in [2.45, 2.75) is 24.9 Å². The number of rotatable bonds is 3. The lowest BCUT2D eigenvalue weighted by Crippen LogP contribution is -2.56. The Balaban J connectivity index is 1.43. The predicted molar refractivity (Wildman–Crippen MR) is 108 cm³/mol. The molecule has 2 atom stereocenters. The van der Waals surface area contributed by atoms with Crippen LogP contribution < -0.4 is 15.5 Å². The summed E-state index contributed by atoms with van der Waals surface area (Å²) in [6.45, 7) is 3.85. The molecule has 3 heterocycles. The van der Waals surface area contributed by atoms with Crippen molar-refractivity contribution in [2.24, 2.45) is 11.8 Å². The summed E-state index contributed by atoms with van der Waals surface area (Å²) < 4.78 is 5.77. The third kappa shape index (κ3) is 3.43. The molecule has 3 aliphatic heterocycles. The normalized spacial score (nSPS) is 28.1. The van der Waals surface area contributed by atoms with Gasteiger partial charge in [0.25, 0.3) is 5.91 Å². The topological polar surface area (TPSA) is 73.9 Å². The van der Waals surface area contributed by atoms with Gasteiger partial charge in [0.1, 0.15) is 5.60 Å². The summed E-state index contributed by atoms with van der Waals surface area (Å²) in [6.07, 6.45) is 2.45. The molecule has 1 aromatic rings. The lowest BCUT2D eigenvalue weighted by Gasteiger charge is -2.45. The number of anilines is 1. The van der Waals surface area contributed by atoms with Gasteiger partial charge in [-0.15, -0.1) is 0 Å². The van der Waals surface area contributed by atoms with Crippen LogP contribution in [0.2, 0.25) is 0 Å². The molecule has 1 spiro atoms. The van der Waals surface area contributed by atoms with Gasteiger partial charge in [-0.3, -0.25) is 4.79 Å². The van der Waals surface area contributed by atoms with E-state index in [1.165, 1.54) is 0 Å². The van der Waals surface area contributed by atoms with Crippen molar-refractivity contribution >= 4 is 17.7 Å². The van der Waals surface area contributed by atoms with Crippen LogP contribution in [0.5, 0.6) is 0 Å². The highest BCUT2D eigenvalue weighted by molar-refractivity contribution is 5.99. The Kier molecular flexibility index (Phi) is 5.19. The Morgan fingerprint density at radius 2 is 2.00 bits per heavy atom. The van der Waals surface area contributed by atoms with Crippen LogP contribution in [0.4, 0.5) is 10.5 Å². The lowest BCUT2D eigenvalue weighted by molar-refractivity contribution is -0.0478. The zero-order valence-electron chi connectivity index (χ0n) is 16.7. The highest BCUT2D eigenvalue weighted by Gasteiger charge is 2.51. The third-order valence-electron chi connectivity index (χ3n) is 6.61. The van der Waals surface area contributed by atoms with Crippen molar-refractivity contribution in [2.75, 3.05) is 51.7 Å². The number of benzene rings is 1. The number of piperidine rings is 2. The molecule has 28 heavy (non-hydrogen) atoms. The summed E-state index contributed by atoms with van der Waals surface area (Å²) in [6, 6.07) is 7.78. The van der Waals surface area contributed by atoms with Gasteiger partial charge in [-0.1, -0.05) is 12.1 Å². The van der Waals surface area contributed by atoms with E-state index in [4.69, 9.17) is 4.74 Å². The first-order valence-corrected chi connectivity index (χ1v) is 10.2. The van der Waals surface area contributed by atoms with E-state index >= 15 is 0 Å². The van der Waals surface area contributed by atoms with Crippen LogP contribution >= 0.6 is 0 Å². The molecule has 3 saturated heterocycles. The van der Waals surface area contributed by atoms with Crippen molar-refractivity contribution in [1.82, 2.24) is 15.5 Å². The molecule has 7 nitrogen and oxygen atoms in total. The van der Waals surface area contributed by atoms with E-state index in [0.717, 1.165) is 56.7 Å². The van der Waals surface area contributed by atoms with Crippen LogP contribution in [-0.4, -0.2) is 69.3 Å². The number of hydrogen-bond acceptors (Lipinski definition) is 5. The maximum absolute atomic E-state index is 13.1. The molecule has 152 valence electrons. The van der Waals surface area contributed by atoms with Crippen LogP contribution in [0.3, 0.4) is 0 Å². The summed E-state index contributed by atoms with van der Waals surface area (Å²) in [5.41, 5.74) is 1.33. The van der Waals surface area contributed by atoms with Crippen molar-refractivity contribution in [3.8, 4) is 0 Å². The second kappa shape index (κ2) is 7.62. The van der Waals surface area contributed by atoms with Gasteiger partial charge >= 0.3 is 6.09 Å². The minimum atomic E-state index is -0.378. The quantitative estimate of drug-likeness (QED) is 0.827. The van der Waals surface area contributed by atoms with Gasteiger partial charge in [0.2, 0.25) is 0 Å². The monoisotopic (exact) mass is 386 g/mol. The molecule has 2 N–H and O–H groups in total. The summed E-state index contributed by atoms with van der Waals surface area (Å²) in [5.74, 6) is 0.855. The van der Waals surface area contributed by atoms with Gasteiger partial charge < -0.3 is 25.2 Å². The van der Waals surface area contributed by atoms with E-state index in [2.05, 4.69) is 10.6 Å². The number of carbonyl (C=O) groups excluding carboxylic acids is 2. The minimum Gasteiger partial charge on any atom is -0.441 e. The van der Waals surface area contributed by atoms with Crippen molar-refractivity contribution in [3.63, 3.8) is 0 Å². The summed E-state index contributed by atoms with van der Waals surface area (Å²) in [4.78, 5) is 28.8. The molecule has 3 aliphatic rings. The van der Waals surface area contributed by atoms with Crippen LogP contribution in [0.25, 0.3) is 0 Å². The number of ether oxygens (including phenoxy) is 1. The smallest absolute Gasteiger partial charge is 0.407 e. The van der Waals surface area contributed by atoms with E-state index in [-0.39, 0.29) is 17.6 Å². The second-order valence-corrected chi connectivity index (χ2v) is 8.41. The highest BCUT2D eigenvalue weighted by Crippen LogP contribution is 2.40. The van der Waals surface area contributed by atoms with Gasteiger partial charge in [-0.25, -0.2) is 4.79 Å². The SMILES string of the molecule is CN(C)c1ccccc1C(=O)N1CCC(C2CNCCC23CNC(=O)O3)CC1. The van der Waals surface area contributed by atoms with E-state index < -0.39 is 0 Å². The third-order valence-corrected chi connectivity index (χ3v) is 6.61. The minimum absolute atomic E-state index is 0.105. The zero-order chi connectivity index (χ0) is 19.7. The van der Waals surface area contributed by atoms with E-state index in [1.54, 1.807) is 0 Å². The average Bonchev–Trinajstić information content (AvgIpc) is 3.08. The lowest BCUT2D eigenvalue weighted by atomic mass is 9.71. The first-order chi connectivity index (χ1) is 13.5. The van der Waals surface area contributed by atoms with Crippen molar-refractivity contribution in [1.29, 1.82) is 0 Å². The highest BCUT2D eigenvalue weighted by atomic mass is 16.6. The molecule has 2 unspecified atom stereocenters. The molecule has 2 amide bonds. The van der Waals surface area contributed by atoms with E-state index in [0.29, 0.717) is 18.4 Å². The maximum Gasteiger partial charge on any atom is 0.407 e. The first-order valence-electron chi connectivity index (χ1n) is 10.2. The Labute approximate surface area is 166 Å². The fourth-order valence-corrected chi connectivity index (χ4v) is 5.07. The largest absolute Gasteiger partial charge is 0.441 e. The molecule has 0 aromatic heterocycles. The average molecular weight is 386 g/mol. The summed E-state index contributed by atoms with van der Waals surface area (Å²) >= 11 is 0. The van der Waals surface area contributed by atoms with Crippen LogP contribution in [0, 0.1) is 11.8 Å². The number of likely N-dealkylation sites (tertiary alicyclic amines) is 1. The Bertz CT molecular complexity index is 745. The number of nitrogens with one attached hydrogen (secondary N) is 2. The fourth-order valence-electron chi connectivity index (χ4n) is 5.07. The molecule has 1 aromatic carbocycles. The number of amides is 2. The van der Waals surface area contributed by atoms with Gasteiger partial charge in [-0.05, 0) is 37.4 Å². The zero-order valence-corrected chi connectivity index (χ0v) is 16.7. The van der Waals surface area contributed by atoms with Gasteiger partial charge in [0.05, 0.1) is 12.1 Å². The van der Waals surface area contributed by atoms with Gasteiger partial charge in [0.15, 0.2) is 0 Å². The molecule has 3 fully saturated rings. The van der Waals surface area contributed by atoms with Gasteiger partial charge in [0, 0.05) is 51.8 Å². The Morgan fingerprint density at radius 3 is 2.68 bits per heavy atom. The number of nitrogens with zero attached hydrogens (tertiary/aromatic N) is 2. The predicted octanol–water partition coefficient (Wildman–Crippen LogP) is 1.69. The standard InChI is InChI=1S/C21H30N4O3/c1-24(2)18-6-4-3-5-16(18)19(26)25-11-7-15(8-12-25)17-13-22-10-9-21(17)14-23-20(27)28-21/h3-6,15,17,22H,7-14H2,1-2H3,(H,23,27). The fraction of sp³-hybridized carbons (Fsp3) is 0.619. The van der Waals surface area contributed by atoms with Crippen LogP contribution in [-0.2, 0) is 4.74 Å². The summed E-state index contributed by atoms with van der Waals surface area (Å²) in [5, 5.41) is 6.33.